The van der Waals surface area contributed by atoms with Crippen LogP contribution in [0, 0.1) is 0 Å². The second kappa shape index (κ2) is 6.79. The van der Waals surface area contributed by atoms with Gasteiger partial charge in [-0.1, -0.05) is 24.3 Å². The highest BCUT2D eigenvalue weighted by atomic mass is 32.2. The lowest BCUT2D eigenvalue weighted by molar-refractivity contribution is -0.138. The zero-order chi connectivity index (χ0) is 14.5. The van der Waals surface area contributed by atoms with Crippen LogP contribution in [-0.4, -0.2) is 41.2 Å². The molecule has 1 heterocycles. The summed E-state index contributed by atoms with van der Waals surface area (Å²) in [5.41, 5.74) is 2.36. The molecule has 1 N–H and O–H groups in total. The van der Waals surface area contributed by atoms with Gasteiger partial charge in [0.25, 0.3) is 0 Å². The van der Waals surface area contributed by atoms with E-state index in [0.717, 1.165) is 17.7 Å². The lowest BCUT2D eigenvalue weighted by atomic mass is 10.0. The molecule has 0 aromatic heterocycles. The monoisotopic (exact) mass is 293 g/mol. The molecule has 1 aromatic carbocycles. The van der Waals surface area contributed by atoms with Crippen molar-refractivity contribution in [3.8, 4) is 0 Å². The summed E-state index contributed by atoms with van der Waals surface area (Å²) in [4.78, 5) is 24.7. The van der Waals surface area contributed by atoms with Gasteiger partial charge in [0.1, 0.15) is 5.25 Å². The maximum atomic E-state index is 12.5. The summed E-state index contributed by atoms with van der Waals surface area (Å²) in [6.45, 7) is 0.490. The molecule has 1 unspecified atom stereocenters. The van der Waals surface area contributed by atoms with Crippen LogP contribution >= 0.6 is 11.8 Å². The van der Waals surface area contributed by atoms with Gasteiger partial charge < -0.3 is 10.0 Å². The first-order valence-electron chi connectivity index (χ1n) is 6.76. The van der Waals surface area contributed by atoms with E-state index in [1.165, 1.54) is 5.56 Å². The van der Waals surface area contributed by atoms with Crippen LogP contribution in [0.25, 0.3) is 0 Å². The van der Waals surface area contributed by atoms with E-state index in [1.807, 2.05) is 18.2 Å². The molecule has 108 valence electrons. The van der Waals surface area contributed by atoms with E-state index >= 15 is 0 Å². The molecule has 1 aromatic rings. The highest BCUT2D eigenvalue weighted by molar-refractivity contribution is 8.00. The quantitative estimate of drug-likeness (QED) is 0.905. The molecule has 0 saturated heterocycles. The molecule has 1 amide bonds. The number of carboxylic acids is 1. The van der Waals surface area contributed by atoms with Crippen molar-refractivity contribution in [2.75, 3.05) is 19.3 Å². The van der Waals surface area contributed by atoms with Crippen molar-refractivity contribution >= 4 is 23.6 Å². The van der Waals surface area contributed by atoms with Gasteiger partial charge in [-0.3, -0.25) is 9.59 Å². The molecule has 0 saturated carbocycles. The molecule has 0 bridgehead atoms. The summed E-state index contributed by atoms with van der Waals surface area (Å²) < 4.78 is 0. The number of amides is 1. The number of hydrogen-bond acceptors (Lipinski definition) is 3. The number of benzene rings is 1. The van der Waals surface area contributed by atoms with E-state index < -0.39 is 5.97 Å². The molecule has 4 nitrogen and oxygen atoms in total. The predicted molar refractivity (Wildman–Crippen MR) is 79.9 cm³/mol. The van der Waals surface area contributed by atoms with Crippen LogP contribution in [0.1, 0.15) is 29.2 Å². The van der Waals surface area contributed by atoms with Crippen molar-refractivity contribution in [2.24, 2.45) is 0 Å². The van der Waals surface area contributed by atoms with Gasteiger partial charge in [0, 0.05) is 20.0 Å². The van der Waals surface area contributed by atoms with Crippen molar-refractivity contribution in [1.29, 1.82) is 0 Å². The summed E-state index contributed by atoms with van der Waals surface area (Å²) in [5.74, 6) is 0.215. The van der Waals surface area contributed by atoms with Crippen LogP contribution in [0.15, 0.2) is 24.3 Å². The number of likely N-dealkylation sites (N-methyl/N-ethyl adjacent to an activating group) is 1. The number of carbonyl (C=O) groups is 2. The van der Waals surface area contributed by atoms with Gasteiger partial charge in [0.2, 0.25) is 5.91 Å². The van der Waals surface area contributed by atoms with Crippen molar-refractivity contribution in [3.63, 3.8) is 0 Å². The first-order valence-corrected chi connectivity index (χ1v) is 7.80. The van der Waals surface area contributed by atoms with Gasteiger partial charge in [0.15, 0.2) is 0 Å². The number of fused-ring (bicyclic) bond motifs is 1. The normalized spacial score (nSPS) is 17.4. The van der Waals surface area contributed by atoms with E-state index in [-0.39, 0.29) is 17.6 Å². The Bertz CT molecular complexity index is 504. The largest absolute Gasteiger partial charge is 0.481 e. The van der Waals surface area contributed by atoms with Crippen LogP contribution in [0.3, 0.4) is 0 Å². The molecule has 5 heteroatoms. The lowest BCUT2D eigenvalue weighted by Gasteiger charge is -2.28. The summed E-state index contributed by atoms with van der Waals surface area (Å²) in [6, 6.07) is 8.08. The Morgan fingerprint density at radius 2 is 2.15 bits per heavy atom. The minimum absolute atomic E-state index is 0.0764. The molecule has 1 atom stereocenters. The van der Waals surface area contributed by atoms with Crippen molar-refractivity contribution in [2.45, 2.75) is 24.5 Å². The average Bonchev–Trinajstić information content (AvgIpc) is 2.45. The second-order valence-corrected chi connectivity index (χ2v) is 6.17. The van der Waals surface area contributed by atoms with Gasteiger partial charge in [-0.15, -0.1) is 11.8 Å². The molecule has 0 spiro atoms. The topological polar surface area (TPSA) is 57.6 Å². The number of hydrogen-bond donors (Lipinski definition) is 1. The van der Waals surface area contributed by atoms with Crippen LogP contribution in [-0.2, 0) is 16.0 Å². The van der Waals surface area contributed by atoms with E-state index in [1.54, 1.807) is 23.7 Å². The fraction of sp³-hybridized carbons (Fsp3) is 0.467. The Labute approximate surface area is 123 Å². The van der Waals surface area contributed by atoms with Gasteiger partial charge in [-0.2, -0.15) is 0 Å². The molecule has 1 aliphatic rings. The molecule has 0 fully saturated rings. The maximum absolute atomic E-state index is 12.5. The average molecular weight is 293 g/mol. The fourth-order valence-electron chi connectivity index (χ4n) is 2.38. The third-order valence-electron chi connectivity index (χ3n) is 3.48. The Kier molecular flexibility index (Phi) is 5.06. The van der Waals surface area contributed by atoms with Crippen LogP contribution in [0.4, 0.5) is 0 Å². The van der Waals surface area contributed by atoms with Crippen LogP contribution in [0.5, 0.6) is 0 Å². The third kappa shape index (κ3) is 3.54. The number of aryl methyl sites for hydroxylation is 1. The van der Waals surface area contributed by atoms with Gasteiger partial charge in [-0.25, -0.2) is 0 Å². The zero-order valence-electron chi connectivity index (χ0n) is 11.5. The Morgan fingerprint density at radius 3 is 2.90 bits per heavy atom. The Balaban J connectivity index is 2.01. The maximum Gasteiger partial charge on any atom is 0.303 e. The van der Waals surface area contributed by atoms with Crippen LogP contribution < -0.4 is 0 Å². The summed E-state index contributed by atoms with van der Waals surface area (Å²) in [7, 11) is 1.75. The molecule has 0 aliphatic carbocycles. The van der Waals surface area contributed by atoms with E-state index in [9.17, 15) is 9.59 Å². The molecule has 2 rings (SSSR count). The minimum Gasteiger partial charge on any atom is -0.481 e. The Hall–Kier alpha value is -1.49. The number of nitrogens with zero attached hydrogens (tertiary/aromatic N) is 1. The van der Waals surface area contributed by atoms with Crippen molar-refractivity contribution in [1.82, 2.24) is 4.90 Å². The van der Waals surface area contributed by atoms with E-state index in [4.69, 9.17) is 5.11 Å². The second-order valence-electron chi connectivity index (χ2n) is 4.96. The minimum atomic E-state index is -0.816. The number of aliphatic carboxylic acids is 1. The smallest absolute Gasteiger partial charge is 0.303 e. The number of carbonyl (C=O) groups excluding carboxylic acids is 1. The van der Waals surface area contributed by atoms with Crippen molar-refractivity contribution in [3.05, 3.63) is 35.4 Å². The van der Waals surface area contributed by atoms with Gasteiger partial charge >= 0.3 is 5.97 Å². The van der Waals surface area contributed by atoms with Gasteiger partial charge in [0.05, 0.1) is 0 Å². The standard InChI is InChI=1S/C15H19NO3S/c1-16(9-4-7-13(17)18)15(19)14-12-6-3-2-5-11(12)8-10-20-14/h2-3,5-6,14H,4,7-10H2,1H3,(H,17,18). The van der Waals surface area contributed by atoms with Crippen molar-refractivity contribution < 1.29 is 14.7 Å². The Morgan fingerprint density at radius 1 is 1.40 bits per heavy atom. The molecular weight excluding hydrogens is 274 g/mol. The number of carboxylic acid groups (broad SMARTS) is 1. The van der Waals surface area contributed by atoms with Gasteiger partial charge in [-0.05, 0) is 29.7 Å². The SMILES string of the molecule is CN(CCCC(=O)O)C(=O)C1SCCc2ccccc21. The number of rotatable bonds is 5. The molecule has 0 radical (unpaired) electrons. The van der Waals surface area contributed by atoms with E-state index in [0.29, 0.717) is 13.0 Å². The third-order valence-corrected chi connectivity index (χ3v) is 4.71. The fourth-order valence-corrected chi connectivity index (χ4v) is 3.68. The summed E-state index contributed by atoms with van der Waals surface area (Å²) in [5, 5.41) is 8.49. The first-order chi connectivity index (χ1) is 9.59. The molecule has 1 aliphatic heterocycles. The first kappa shape index (κ1) is 14.9. The highest BCUT2D eigenvalue weighted by Crippen LogP contribution is 2.37. The van der Waals surface area contributed by atoms with Crippen LogP contribution in [0.2, 0.25) is 0 Å². The summed E-state index contributed by atoms with van der Waals surface area (Å²) >= 11 is 1.67. The zero-order valence-corrected chi connectivity index (χ0v) is 12.4. The number of thioether (sulfide) groups is 1. The highest BCUT2D eigenvalue weighted by Gasteiger charge is 2.28. The molecule has 20 heavy (non-hydrogen) atoms. The lowest BCUT2D eigenvalue weighted by Crippen LogP contribution is -2.33. The van der Waals surface area contributed by atoms with E-state index in [2.05, 4.69) is 6.07 Å². The summed E-state index contributed by atoms with van der Waals surface area (Å²) in [6.07, 6.45) is 1.61. The predicted octanol–water partition coefficient (Wildman–Crippen LogP) is 2.34. The molecular formula is C15H19NO3S.